The Hall–Kier alpha value is -1.61. The van der Waals surface area contributed by atoms with Gasteiger partial charge in [0.25, 0.3) is 0 Å². The van der Waals surface area contributed by atoms with Crippen LogP contribution in [0.3, 0.4) is 0 Å². The molecule has 2 aromatic carbocycles. The molecule has 18 heavy (non-hydrogen) atoms. The molecule has 2 aromatic rings. The molecule has 0 saturated carbocycles. The van der Waals surface area contributed by atoms with Gasteiger partial charge in [-0.05, 0) is 36.2 Å². The highest BCUT2D eigenvalue weighted by molar-refractivity contribution is 6.31. The van der Waals surface area contributed by atoms with Crippen molar-refractivity contribution in [1.82, 2.24) is 0 Å². The molecule has 4 heteroatoms. The predicted molar refractivity (Wildman–Crippen MR) is 69.9 cm³/mol. The summed E-state index contributed by atoms with van der Waals surface area (Å²) >= 11 is 6.08. The van der Waals surface area contributed by atoms with Crippen LogP contribution in [0, 0.1) is 18.6 Å². The zero-order valence-electron chi connectivity index (χ0n) is 9.81. The van der Waals surface area contributed by atoms with Crippen LogP contribution in [0.5, 0.6) is 0 Å². The van der Waals surface area contributed by atoms with Gasteiger partial charge >= 0.3 is 0 Å². The highest BCUT2D eigenvalue weighted by atomic mass is 35.5. The van der Waals surface area contributed by atoms with Crippen molar-refractivity contribution < 1.29 is 8.78 Å². The third-order valence-corrected chi connectivity index (χ3v) is 2.96. The molecular formula is C14H12ClF2N. The second-order valence-corrected chi connectivity index (χ2v) is 4.48. The summed E-state index contributed by atoms with van der Waals surface area (Å²) in [6.45, 7) is 2.42. The summed E-state index contributed by atoms with van der Waals surface area (Å²) in [6.07, 6.45) is 0. The second kappa shape index (κ2) is 5.36. The van der Waals surface area contributed by atoms with Crippen LogP contribution in [0.15, 0.2) is 36.4 Å². The molecule has 0 aliphatic rings. The molecule has 0 aliphatic heterocycles. The van der Waals surface area contributed by atoms with E-state index in [4.69, 9.17) is 11.6 Å². The molecular weight excluding hydrogens is 256 g/mol. The van der Waals surface area contributed by atoms with Gasteiger partial charge in [0.2, 0.25) is 0 Å². The number of nitrogens with one attached hydrogen (secondary N) is 1. The first kappa shape index (κ1) is 12.8. The van der Waals surface area contributed by atoms with Gasteiger partial charge in [-0.3, -0.25) is 0 Å². The summed E-state index contributed by atoms with van der Waals surface area (Å²) in [6, 6.07) is 9.43. The van der Waals surface area contributed by atoms with E-state index in [0.29, 0.717) is 17.3 Å². The first-order valence-electron chi connectivity index (χ1n) is 5.50. The highest BCUT2D eigenvalue weighted by Gasteiger charge is 2.04. The van der Waals surface area contributed by atoms with Crippen molar-refractivity contribution in [2.75, 3.05) is 5.32 Å². The van der Waals surface area contributed by atoms with Crippen molar-refractivity contribution in [3.8, 4) is 0 Å². The van der Waals surface area contributed by atoms with E-state index in [1.807, 2.05) is 25.1 Å². The third kappa shape index (κ3) is 2.99. The van der Waals surface area contributed by atoms with E-state index in [1.165, 1.54) is 6.07 Å². The Morgan fingerprint density at radius 3 is 2.50 bits per heavy atom. The summed E-state index contributed by atoms with van der Waals surface area (Å²) < 4.78 is 25.7. The van der Waals surface area contributed by atoms with Crippen molar-refractivity contribution >= 4 is 17.3 Å². The monoisotopic (exact) mass is 267 g/mol. The van der Waals surface area contributed by atoms with Gasteiger partial charge in [0.05, 0.1) is 0 Å². The number of anilines is 1. The Labute approximate surface area is 109 Å². The Balaban J connectivity index is 2.09. The molecule has 1 nitrogen and oxygen atoms in total. The van der Waals surface area contributed by atoms with Crippen LogP contribution in [0.4, 0.5) is 14.5 Å². The summed E-state index contributed by atoms with van der Waals surface area (Å²) in [5.41, 5.74) is 2.51. The average Bonchev–Trinajstić information content (AvgIpc) is 2.32. The van der Waals surface area contributed by atoms with Gasteiger partial charge in [0.15, 0.2) is 11.6 Å². The fourth-order valence-corrected chi connectivity index (χ4v) is 1.90. The molecule has 0 fully saturated rings. The van der Waals surface area contributed by atoms with Crippen LogP contribution in [-0.2, 0) is 6.54 Å². The molecule has 2 rings (SSSR count). The molecule has 0 bridgehead atoms. The molecule has 0 radical (unpaired) electrons. The normalized spacial score (nSPS) is 10.4. The van der Waals surface area contributed by atoms with Gasteiger partial charge in [-0.15, -0.1) is 0 Å². The van der Waals surface area contributed by atoms with Crippen LogP contribution < -0.4 is 5.32 Å². The largest absolute Gasteiger partial charge is 0.381 e. The van der Waals surface area contributed by atoms with E-state index < -0.39 is 11.6 Å². The Kier molecular flexibility index (Phi) is 3.82. The number of aryl methyl sites for hydroxylation is 1. The van der Waals surface area contributed by atoms with E-state index in [1.54, 1.807) is 0 Å². The van der Waals surface area contributed by atoms with E-state index in [-0.39, 0.29) is 0 Å². The minimum atomic E-state index is -0.866. The van der Waals surface area contributed by atoms with Crippen LogP contribution >= 0.6 is 11.6 Å². The quantitative estimate of drug-likeness (QED) is 0.861. The molecule has 0 spiro atoms. The maximum Gasteiger partial charge on any atom is 0.160 e. The fraction of sp³-hybridized carbons (Fsp3) is 0.143. The van der Waals surface area contributed by atoms with E-state index in [0.717, 1.165) is 23.3 Å². The number of rotatable bonds is 3. The summed E-state index contributed by atoms with van der Waals surface area (Å²) in [5, 5.41) is 3.66. The van der Waals surface area contributed by atoms with Gasteiger partial charge < -0.3 is 5.32 Å². The summed E-state index contributed by atoms with van der Waals surface area (Å²) in [4.78, 5) is 0. The molecule has 0 heterocycles. The van der Waals surface area contributed by atoms with Gasteiger partial charge in [-0.2, -0.15) is 0 Å². The van der Waals surface area contributed by atoms with Crippen molar-refractivity contribution in [2.24, 2.45) is 0 Å². The maximum atomic E-state index is 13.0. The predicted octanol–water partition coefficient (Wildman–Crippen LogP) is 4.54. The lowest BCUT2D eigenvalue weighted by molar-refractivity contribution is 0.509. The number of halogens is 3. The first-order valence-corrected chi connectivity index (χ1v) is 5.88. The van der Waals surface area contributed by atoms with E-state index >= 15 is 0 Å². The van der Waals surface area contributed by atoms with E-state index in [9.17, 15) is 8.78 Å². The van der Waals surface area contributed by atoms with Crippen molar-refractivity contribution in [1.29, 1.82) is 0 Å². The van der Waals surface area contributed by atoms with Crippen LogP contribution in [0.2, 0.25) is 5.02 Å². The topological polar surface area (TPSA) is 12.0 Å². The lowest BCUT2D eigenvalue weighted by Crippen LogP contribution is -2.01. The number of benzene rings is 2. The summed E-state index contributed by atoms with van der Waals surface area (Å²) in [5.74, 6) is -1.72. The summed E-state index contributed by atoms with van der Waals surface area (Å²) in [7, 11) is 0. The molecule has 0 aliphatic carbocycles. The van der Waals surface area contributed by atoms with Gasteiger partial charge in [-0.1, -0.05) is 23.7 Å². The number of hydrogen-bond acceptors (Lipinski definition) is 1. The van der Waals surface area contributed by atoms with Gasteiger partial charge in [-0.25, -0.2) is 8.78 Å². The molecule has 0 aromatic heterocycles. The first-order chi connectivity index (χ1) is 8.56. The standard InChI is InChI=1S/C14H12ClF2N/c1-9-2-3-10(12(15)6-9)8-18-11-4-5-13(16)14(17)7-11/h2-7,18H,8H2,1H3. The average molecular weight is 268 g/mol. The number of hydrogen-bond donors (Lipinski definition) is 1. The van der Waals surface area contributed by atoms with Crippen molar-refractivity contribution in [3.05, 3.63) is 64.2 Å². The Morgan fingerprint density at radius 2 is 1.83 bits per heavy atom. The minimum Gasteiger partial charge on any atom is -0.381 e. The molecule has 0 unspecified atom stereocenters. The molecule has 94 valence electrons. The SMILES string of the molecule is Cc1ccc(CNc2ccc(F)c(F)c2)c(Cl)c1. The van der Waals surface area contributed by atoms with Crippen molar-refractivity contribution in [2.45, 2.75) is 13.5 Å². The van der Waals surface area contributed by atoms with Crippen LogP contribution in [0.1, 0.15) is 11.1 Å². The smallest absolute Gasteiger partial charge is 0.160 e. The molecule has 0 atom stereocenters. The van der Waals surface area contributed by atoms with Gasteiger partial charge in [0, 0.05) is 23.3 Å². The lowest BCUT2D eigenvalue weighted by Gasteiger charge is -2.09. The highest BCUT2D eigenvalue weighted by Crippen LogP contribution is 2.20. The molecule has 0 amide bonds. The lowest BCUT2D eigenvalue weighted by atomic mass is 10.1. The van der Waals surface area contributed by atoms with E-state index in [2.05, 4.69) is 5.32 Å². The third-order valence-electron chi connectivity index (χ3n) is 2.61. The Morgan fingerprint density at radius 1 is 1.06 bits per heavy atom. The van der Waals surface area contributed by atoms with Gasteiger partial charge in [0.1, 0.15) is 0 Å². The van der Waals surface area contributed by atoms with Crippen LogP contribution in [0.25, 0.3) is 0 Å². The maximum absolute atomic E-state index is 13.0. The van der Waals surface area contributed by atoms with Crippen molar-refractivity contribution in [3.63, 3.8) is 0 Å². The molecule has 1 N–H and O–H groups in total. The minimum absolute atomic E-state index is 0.462. The Bertz CT molecular complexity index is 570. The second-order valence-electron chi connectivity index (χ2n) is 4.08. The fourth-order valence-electron chi connectivity index (χ4n) is 1.60. The zero-order valence-corrected chi connectivity index (χ0v) is 10.6. The zero-order chi connectivity index (χ0) is 13.1. The van der Waals surface area contributed by atoms with Crippen LogP contribution in [-0.4, -0.2) is 0 Å². The molecule has 0 saturated heterocycles.